The van der Waals surface area contributed by atoms with E-state index in [1.54, 1.807) is 7.11 Å². The van der Waals surface area contributed by atoms with Gasteiger partial charge in [-0.3, -0.25) is 0 Å². The molecular formula is C21H14O. The van der Waals surface area contributed by atoms with Crippen molar-refractivity contribution in [3.63, 3.8) is 0 Å². The molecule has 4 aromatic carbocycles. The van der Waals surface area contributed by atoms with Crippen LogP contribution in [-0.2, 0) is 0 Å². The van der Waals surface area contributed by atoms with Gasteiger partial charge in [0.1, 0.15) is 5.75 Å². The SMILES string of the molecule is COc1ccc2c(c1)cc1c3c(cccc32)-c2ccccc2-1. The Morgan fingerprint density at radius 3 is 2.23 bits per heavy atom. The summed E-state index contributed by atoms with van der Waals surface area (Å²) < 4.78 is 5.39. The predicted octanol–water partition coefficient (Wildman–Crippen LogP) is 5.65. The molecule has 1 nitrogen and oxygen atoms in total. The lowest BCUT2D eigenvalue weighted by Gasteiger charge is -2.09. The molecule has 0 N–H and O–H groups in total. The fraction of sp³-hybridized carbons (Fsp3) is 0.0476. The van der Waals surface area contributed by atoms with Crippen LogP contribution in [0.1, 0.15) is 0 Å². The molecule has 0 radical (unpaired) electrons. The smallest absolute Gasteiger partial charge is 0.119 e. The Labute approximate surface area is 128 Å². The minimum Gasteiger partial charge on any atom is -0.497 e. The van der Waals surface area contributed by atoms with Crippen molar-refractivity contribution < 1.29 is 4.74 Å². The highest BCUT2D eigenvalue weighted by Crippen LogP contribution is 2.49. The van der Waals surface area contributed by atoms with E-state index >= 15 is 0 Å². The lowest BCUT2D eigenvalue weighted by atomic mass is 9.96. The molecule has 0 saturated carbocycles. The minimum absolute atomic E-state index is 0.904. The maximum absolute atomic E-state index is 5.39. The van der Waals surface area contributed by atoms with Gasteiger partial charge in [0, 0.05) is 0 Å². The third kappa shape index (κ3) is 1.38. The average molecular weight is 282 g/mol. The Morgan fingerprint density at radius 2 is 1.41 bits per heavy atom. The van der Waals surface area contributed by atoms with E-state index in [0.29, 0.717) is 0 Å². The number of ether oxygens (including phenoxy) is 1. The van der Waals surface area contributed by atoms with Crippen LogP contribution < -0.4 is 4.74 Å². The van der Waals surface area contributed by atoms with Gasteiger partial charge in [-0.15, -0.1) is 0 Å². The first-order valence-corrected chi connectivity index (χ1v) is 7.50. The maximum atomic E-state index is 5.39. The number of methoxy groups -OCH3 is 1. The minimum atomic E-state index is 0.904. The molecule has 0 atom stereocenters. The average Bonchev–Trinajstić information content (AvgIpc) is 2.90. The predicted molar refractivity (Wildman–Crippen MR) is 92.4 cm³/mol. The van der Waals surface area contributed by atoms with Crippen LogP contribution in [0.15, 0.2) is 66.7 Å². The highest BCUT2D eigenvalue weighted by molar-refractivity contribution is 6.23. The lowest BCUT2D eigenvalue weighted by molar-refractivity contribution is 0.415. The molecule has 5 rings (SSSR count). The molecule has 1 aliphatic carbocycles. The summed E-state index contributed by atoms with van der Waals surface area (Å²) in [6, 6.07) is 23.9. The second-order valence-electron chi connectivity index (χ2n) is 5.78. The van der Waals surface area contributed by atoms with Crippen molar-refractivity contribution in [3.8, 4) is 28.0 Å². The number of rotatable bonds is 1. The molecular weight excluding hydrogens is 268 g/mol. The van der Waals surface area contributed by atoms with Crippen molar-refractivity contribution in [2.45, 2.75) is 0 Å². The standard InChI is InChI=1S/C21H14O/c1-22-14-9-10-15-13(11-14)12-20-17-6-3-2-5-16(17)19-8-4-7-18(15)21(19)20/h2-12H,1H3. The Kier molecular flexibility index (Phi) is 2.21. The highest BCUT2D eigenvalue weighted by atomic mass is 16.5. The molecule has 104 valence electrons. The van der Waals surface area contributed by atoms with Crippen LogP contribution in [0.25, 0.3) is 43.8 Å². The quantitative estimate of drug-likeness (QED) is 0.361. The maximum Gasteiger partial charge on any atom is 0.119 e. The summed E-state index contributed by atoms with van der Waals surface area (Å²) in [6.45, 7) is 0. The Morgan fingerprint density at radius 1 is 0.636 bits per heavy atom. The van der Waals surface area contributed by atoms with Gasteiger partial charge in [-0.05, 0) is 62.0 Å². The third-order valence-corrected chi connectivity index (χ3v) is 4.69. The molecule has 0 spiro atoms. The Hall–Kier alpha value is -2.80. The number of fused-ring (bicyclic) bond motifs is 5. The fourth-order valence-corrected chi connectivity index (χ4v) is 3.72. The van der Waals surface area contributed by atoms with Gasteiger partial charge in [0.15, 0.2) is 0 Å². The molecule has 0 aliphatic heterocycles. The molecule has 1 aliphatic rings. The van der Waals surface area contributed by atoms with E-state index in [1.807, 2.05) is 6.07 Å². The molecule has 4 aromatic rings. The number of hydrogen-bond donors (Lipinski definition) is 0. The molecule has 0 amide bonds. The van der Waals surface area contributed by atoms with Gasteiger partial charge < -0.3 is 4.74 Å². The van der Waals surface area contributed by atoms with Gasteiger partial charge in [0.05, 0.1) is 7.11 Å². The number of benzene rings is 4. The largest absolute Gasteiger partial charge is 0.497 e. The molecule has 1 heteroatoms. The van der Waals surface area contributed by atoms with E-state index in [0.717, 1.165) is 5.75 Å². The van der Waals surface area contributed by atoms with Crippen LogP contribution in [0.4, 0.5) is 0 Å². The van der Waals surface area contributed by atoms with E-state index in [4.69, 9.17) is 4.74 Å². The molecule has 0 heterocycles. The fourth-order valence-electron chi connectivity index (χ4n) is 3.72. The molecule has 0 aromatic heterocycles. The van der Waals surface area contributed by atoms with E-state index < -0.39 is 0 Å². The van der Waals surface area contributed by atoms with Crippen LogP contribution >= 0.6 is 0 Å². The molecule has 0 saturated heterocycles. The summed E-state index contributed by atoms with van der Waals surface area (Å²) in [4.78, 5) is 0. The Balaban J connectivity index is 2.02. The van der Waals surface area contributed by atoms with Crippen LogP contribution in [0, 0.1) is 0 Å². The summed E-state index contributed by atoms with van der Waals surface area (Å²) in [6.07, 6.45) is 0. The van der Waals surface area contributed by atoms with Crippen LogP contribution in [0.2, 0.25) is 0 Å². The van der Waals surface area contributed by atoms with Gasteiger partial charge in [0.2, 0.25) is 0 Å². The highest BCUT2D eigenvalue weighted by Gasteiger charge is 2.21. The second-order valence-corrected chi connectivity index (χ2v) is 5.78. The summed E-state index contributed by atoms with van der Waals surface area (Å²) >= 11 is 0. The third-order valence-electron chi connectivity index (χ3n) is 4.69. The van der Waals surface area contributed by atoms with Crippen molar-refractivity contribution in [2.75, 3.05) is 7.11 Å². The Bertz CT molecular complexity index is 1060. The van der Waals surface area contributed by atoms with Gasteiger partial charge in [-0.2, -0.15) is 0 Å². The van der Waals surface area contributed by atoms with Gasteiger partial charge in [-0.1, -0.05) is 48.5 Å². The molecule has 0 unspecified atom stereocenters. The van der Waals surface area contributed by atoms with Crippen LogP contribution in [-0.4, -0.2) is 7.11 Å². The molecule has 22 heavy (non-hydrogen) atoms. The second kappa shape index (κ2) is 4.11. The van der Waals surface area contributed by atoms with Crippen molar-refractivity contribution in [3.05, 3.63) is 66.7 Å². The van der Waals surface area contributed by atoms with E-state index in [1.165, 1.54) is 43.8 Å². The van der Waals surface area contributed by atoms with E-state index in [9.17, 15) is 0 Å². The topological polar surface area (TPSA) is 9.23 Å². The first-order valence-electron chi connectivity index (χ1n) is 7.50. The van der Waals surface area contributed by atoms with Crippen molar-refractivity contribution >= 4 is 21.5 Å². The lowest BCUT2D eigenvalue weighted by Crippen LogP contribution is -1.84. The van der Waals surface area contributed by atoms with Crippen LogP contribution in [0.3, 0.4) is 0 Å². The molecule has 0 bridgehead atoms. The van der Waals surface area contributed by atoms with Crippen molar-refractivity contribution in [1.82, 2.24) is 0 Å². The summed E-state index contributed by atoms with van der Waals surface area (Å²) in [7, 11) is 1.72. The summed E-state index contributed by atoms with van der Waals surface area (Å²) in [5.74, 6) is 0.904. The zero-order chi connectivity index (χ0) is 14.7. The van der Waals surface area contributed by atoms with Crippen LogP contribution in [0.5, 0.6) is 5.75 Å². The normalized spacial score (nSPS) is 11.9. The van der Waals surface area contributed by atoms with Gasteiger partial charge in [0.25, 0.3) is 0 Å². The zero-order valence-corrected chi connectivity index (χ0v) is 12.3. The van der Waals surface area contributed by atoms with Gasteiger partial charge >= 0.3 is 0 Å². The van der Waals surface area contributed by atoms with Crippen molar-refractivity contribution in [2.24, 2.45) is 0 Å². The van der Waals surface area contributed by atoms with E-state index in [2.05, 4.69) is 60.7 Å². The number of hydrogen-bond acceptors (Lipinski definition) is 1. The van der Waals surface area contributed by atoms with Gasteiger partial charge in [-0.25, -0.2) is 0 Å². The summed E-state index contributed by atoms with van der Waals surface area (Å²) in [5, 5.41) is 5.22. The first-order chi connectivity index (χ1) is 10.9. The van der Waals surface area contributed by atoms with E-state index in [-0.39, 0.29) is 0 Å². The monoisotopic (exact) mass is 282 g/mol. The zero-order valence-electron chi connectivity index (χ0n) is 12.3. The summed E-state index contributed by atoms with van der Waals surface area (Å²) in [5.41, 5.74) is 5.35. The molecule has 0 fully saturated rings. The van der Waals surface area contributed by atoms with Crippen molar-refractivity contribution in [1.29, 1.82) is 0 Å². The first kappa shape index (κ1) is 11.8.